The van der Waals surface area contributed by atoms with E-state index in [1.165, 1.54) is 23.0 Å². The number of hydrogen-bond donors (Lipinski definition) is 1. The van der Waals surface area contributed by atoms with E-state index in [1.807, 2.05) is 0 Å². The predicted octanol–water partition coefficient (Wildman–Crippen LogP) is 7.06. The van der Waals surface area contributed by atoms with Crippen LogP contribution in [-0.2, 0) is 25.5 Å². The normalized spacial score (nSPS) is 12.1. The Hall–Kier alpha value is -4.49. The van der Waals surface area contributed by atoms with Crippen LogP contribution in [0.3, 0.4) is 0 Å². The number of aliphatic hydroxyl groups is 1. The van der Waals surface area contributed by atoms with Crippen LogP contribution in [0.4, 0.5) is 26.3 Å². The maximum absolute atomic E-state index is 14.0. The van der Waals surface area contributed by atoms with Crippen molar-refractivity contribution in [3.63, 3.8) is 0 Å². The molecule has 5 aromatic rings. The first-order valence-corrected chi connectivity index (χ1v) is 12.4. The van der Waals surface area contributed by atoms with E-state index >= 15 is 0 Å². The molecular weight excluding hydrogens is 590 g/mol. The van der Waals surface area contributed by atoms with Crippen LogP contribution in [-0.4, -0.2) is 30.6 Å². The molecule has 0 atom stereocenters. The number of aromatic nitrogens is 4. The van der Waals surface area contributed by atoms with Crippen LogP contribution >= 0.6 is 11.6 Å². The van der Waals surface area contributed by atoms with Gasteiger partial charge in [-0.15, -0.1) is 0 Å². The summed E-state index contributed by atoms with van der Waals surface area (Å²) in [5.41, 5.74) is -3.19. The van der Waals surface area contributed by atoms with Gasteiger partial charge in [-0.25, -0.2) is 4.98 Å². The van der Waals surface area contributed by atoms with Gasteiger partial charge in [0.15, 0.2) is 5.76 Å². The van der Waals surface area contributed by atoms with Crippen molar-refractivity contribution in [2.45, 2.75) is 25.5 Å². The zero-order chi connectivity index (χ0) is 30.2. The van der Waals surface area contributed by atoms with Crippen molar-refractivity contribution >= 4 is 17.4 Å². The summed E-state index contributed by atoms with van der Waals surface area (Å²) in [4.78, 5) is 22.2. The highest BCUT2D eigenvalue weighted by molar-refractivity contribution is 6.33. The molecule has 0 aliphatic carbocycles. The summed E-state index contributed by atoms with van der Waals surface area (Å²) >= 11 is 6.30. The highest BCUT2D eigenvalue weighted by atomic mass is 35.5. The molecule has 0 fully saturated rings. The fourth-order valence-electron chi connectivity index (χ4n) is 4.39. The van der Waals surface area contributed by atoms with Gasteiger partial charge >= 0.3 is 12.4 Å². The third kappa shape index (κ3) is 5.65. The molecule has 0 radical (unpaired) electrons. The lowest BCUT2D eigenvalue weighted by Gasteiger charge is -2.16. The molecule has 3 aromatic heterocycles. The highest BCUT2D eigenvalue weighted by Crippen LogP contribution is 2.38. The summed E-state index contributed by atoms with van der Waals surface area (Å²) in [5, 5.41) is 13.9. The molecule has 0 aliphatic heterocycles. The number of halogens is 7. The van der Waals surface area contributed by atoms with Gasteiger partial charge < -0.3 is 14.2 Å². The second-order valence-corrected chi connectivity index (χ2v) is 9.43. The van der Waals surface area contributed by atoms with Gasteiger partial charge in [-0.1, -0.05) is 28.9 Å². The quantitative estimate of drug-likeness (QED) is 0.157. The van der Waals surface area contributed by atoms with Crippen molar-refractivity contribution in [1.82, 2.24) is 19.7 Å². The number of pyridine rings is 1. The molecule has 0 aliphatic rings. The minimum Gasteiger partial charge on any atom is -0.390 e. The van der Waals surface area contributed by atoms with Crippen molar-refractivity contribution in [3.05, 3.63) is 112 Å². The van der Waals surface area contributed by atoms with E-state index in [2.05, 4.69) is 15.1 Å². The molecule has 0 spiro atoms. The minimum absolute atomic E-state index is 0.0347. The first-order chi connectivity index (χ1) is 19.9. The lowest BCUT2D eigenvalue weighted by Crippen LogP contribution is -2.13. The topological polar surface area (TPSA) is 94.0 Å². The lowest BCUT2D eigenvalue weighted by molar-refractivity contribution is -0.143. The molecule has 14 heteroatoms. The van der Waals surface area contributed by atoms with Crippen LogP contribution in [0.5, 0.6) is 0 Å². The number of benzene rings is 2. The van der Waals surface area contributed by atoms with Gasteiger partial charge in [-0.05, 0) is 48.0 Å². The molecule has 7 nitrogen and oxygen atoms in total. The van der Waals surface area contributed by atoms with Crippen molar-refractivity contribution in [2.24, 2.45) is 0 Å². The number of alkyl halides is 6. The Morgan fingerprint density at radius 2 is 1.67 bits per heavy atom. The summed E-state index contributed by atoms with van der Waals surface area (Å²) < 4.78 is 87.5. The fourth-order valence-corrected chi connectivity index (χ4v) is 4.62. The fraction of sp³-hybridized carbons (Fsp3) is 0.143. The standard InChI is InChI=1S/C28H17ClF6N4O3/c29-20-6-2-1-5-19(20)26-22(21(13-40)38-42-26)25(41)23-24(16-4-3-7-36-11-16)39(14-37-23)12-15-8-17(27(30,31)32)10-18(9-15)28(33,34)35/h1-11,14,40H,12-13H2. The largest absolute Gasteiger partial charge is 0.416 e. The summed E-state index contributed by atoms with van der Waals surface area (Å²) in [6.45, 7) is -1.20. The Morgan fingerprint density at radius 3 is 2.26 bits per heavy atom. The monoisotopic (exact) mass is 606 g/mol. The number of aliphatic hydroxyl groups excluding tert-OH is 1. The Morgan fingerprint density at radius 1 is 0.976 bits per heavy atom. The number of imidazole rings is 1. The molecule has 216 valence electrons. The average Bonchev–Trinajstić information content (AvgIpc) is 3.57. The Balaban J connectivity index is 1.66. The van der Waals surface area contributed by atoms with E-state index < -0.39 is 42.4 Å². The molecule has 2 aromatic carbocycles. The van der Waals surface area contributed by atoms with Gasteiger partial charge in [-0.3, -0.25) is 9.78 Å². The zero-order valence-corrected chi connectivity index (χ0v) is 21.8. The summed E-state index contributed by atoms with van der Waals surface area (Å²) in [7, 11) is 0. The second kappa shape index (κ2) is 11.1. The van der Waals surface area contributed by atoms with Crippen LogP contribution in [0.25, 0.3) is 22.6 Å². The van der Waals surface area contributed by atoms with Crippen molar-refractivity contribution in [1.29, 1.82) is 0 Å². The van der Waals surface area contributed by atoms with Gasteiger partial charge in [0.25, 0.3) is 0 Å². The molecule has 0 saturated heterocycles. The third-order valence-corrected chi connectivity index (χ3v) is 6.58. The Labute approximate surface area is 238 Å². The van der Waals surface area contributed by atoms with Crippen LogP contribution in [0, 0.1) is 0 Å². The van der Waals surface area contributed by atoms with E-state index in [0.29, 0.717) is 23.3 Å². The first kappa shape index (κ1) is 29.0. The van der Waals surface area contributed by atoms with Crippen LogP contribution in [0.1, 0.15) is 38.4 Å². The number of carbonyl (C=O) groups is 1. The van der Waals surface area contributed by atoms with Crippen molar-refractivity contribution in [2.75, 3.05) is 0 Å². The van der Waals surface area contributed by atoms with E-state index in [-0.39, 0.29) is 45.1 Å². The van der Waals surface area contributed by atoms with E-state index in [4.69, 9.17) is 16.1 Å². The maximum atomic E-state index is 14.0. The lowest BCUT2D eigenvalue weighted by atomic mass is 9.98. The van der Waals surface area contributed by atoms with Crippen LogP contribution in [0.15, 0.2) is 77.8 Å². The second-order valence-electron chi connectivity index (χ2n) is 9.03. The molecule has 42 heavy (non-hydrogen) atoms. The summed E-state index contributed by atoms with van der Waals surface area (Å²) in [6.07, 6.45) is -6.17. The third-order valence-electron chi connectivity index (χ3n) is 6.25. The van der Waals surface area contributed by atoms with Crippen molar-refractivity contribution in [3.8, 4) is 22.6 Å². The van der Waals surface area contributed by atoms with Gasteiger partial charge in [0.1, 0.15) is 11.4 Å². The SMILES string of the molecule is O=C(c1ncn(Cc2cc(C(F)(F)F)cc(C(F)(F)F)c2)c1-c1cccnc1)c1c(CO)noc1-c1ccccc1Cl. The maximum Gasteiger partial charge on any atom is 0.416 e. The van der Waals surface area contributed by atoms with Gasteiger partial charge in [0.2, 0.25) is 5.78 Å². The Kier molecular flexibility index (Phi) is 7.64. The summed E-state index contributed by atoms with van der Waals surface area (Å²) in [5.74, 6) is -0.845. The summed E-state index contributed by atoms with van der Waals surface area (Å²) in [6, 6.07) is 10.7. The number of hydrogen-bond acceptors (Lipinski definition) is 6. The van der Waals surface area contributed by atoms with Crippen LogP contribution < -0.4 is 0 Å². The predicted molar refractivity (Wildman–Crippen MR) is 137 cm³/mol. The average molecular weight is 607 g/mol. The number of rotatable bonds is 7. The molecule has 1 N–H and O–H groups in total. The smallest absolute Gasteiger partial charge is 0.390 e. The van der Waals surface area contributed by atoms with E-state index in [0.717, 1.165) is 6.33 Å². The van der Waals surface area contributed by atoms with Gasteiger partial charge in [0.05, 0.1) is 40.3 Å². The zero-order valence-electron chi connectivity index (χ0n) is 21.0. The molecule has 0 bridgehead atoms. The molecule has 5 rings (SSSR count). The molecule has 0 unspecified atom stereocenters. The van der Waals surface area contributed by atoms with Gasteiger partial charge in [0, 0.05) is 30.1 Å². The highest BCUT2D eigenvalue weighted by Gasteiger charge is 2.37. The molecule has 0 amide bonds. The molecule has 0 saturated carbocycles. The Bertz CT molecular complexity index is 1730. The number of nitrogens with zero attached hydrogens (tertiary/aromatic N) is 4. The van der Waals surface area contributed by atoms with E-state index in [1.54, 1.807) is 30.3 Å². The molecule has 3 heterocycles. The first-order valence-electron chi connectivity index (χ1n) is 12.0. The minimum atomic E-state index is -5.04. The molecular formula is C28H17ClF6N4O3. The number of ketones is 1. The van der Waals surface area contributed by atoms with Crippen LogP contribution in [0.2, 0.25) is 5.02 Å². The number of carbonyl (C=O) groups excluding carboxylic acids is 1. The van der Waals surface area contributed by atoms with Crippen molar-refractivity contribution < 1.29 is 40.8 Å². The van der Waals surface area contributed by atoms with Gasteiger partial charge in [-0.2, -0.15) is 26.3 Å². The van der Waals surface area contributed by atoms with E-state index in [9.17, 15) is 36.2 Å².